The molecule has 0 aliphatic heterocycles. The molecular formula is C52H44N2O8S. The highest BCUT2D eigenvalue weighted by atomic mass is 32.2. The number of carbonyl (C=O) groups excluding carboxylic acids is 2. The van der Waals surface area contributed by atoms with E-state index in [4.69, 9.17) is 28.3 Å². The smallest absolute Gasteiger partial charge is 0.331 e. The molecule has 0 unspecified atom stereocenters. The number of ether oxygens (including phenoxy) is 2. The average molecular weight is 857 g/mol. The van der Waals surface area contributed by atoms with E-state index in [0.717, 1.165) is 22.3 Å². The van der Waals surface area contributed by atoms with E-state index in [9.17, 15) is 18.0 Å². The van der Waals surface area contributed by atoms with Gasteiger partial charge in [-0.3, -0.25) is 0 Å². The van der Waals surface area contributed by atoms with Crippen molar-refractivity contribution in [3.05, 3.63) is 227 Å². The van der Waals surface area contributed by atoms with Crippen molar-refractivity contribution >= 4 is 43.3 Å². The van der Waals surface area contributed by atoms with Crippen molar-refractivity contribution in [1.82, 2.24) is 0 Å². The summed E-state index contributed by atoms with van der Waals surface area (Å²) in [5.74, 6) is -1.85. The largest absolute Gasteiger partial charge is 0.459 e. The van der Waals surface area contributed by atoms with Gasteiger partial charge in [0.05, 0.1) is 0 Å². The lowest BCUT2D eigenvalue weighted by atomic mass is 10.1. The van der Waals surface area contributed by atoms with E-state index in [1.807, 2.05) is 170 Å². The molecule has 2 aromatic heterocycles. The Bertz CT molecular complexity index is 2880. The van der Waals surface area contributed by atoms with Gasteiger partial charge in [-0.05, 0) is 57.3 Å². The predicted octanol–water partition coefficient (Wildman–Crippen LogP) is 8.80. The molecule has 0 saturated carbocycles. The van der Waals surface area contributed by atoms with Gasteiger partial charge in [0, 0.05) is 23.6 Å². The number of hydrogen-bond donors (Lipinski definition) is 0. The van der Waals surface area contributed by atoms with E-state index in [-0.39, 0.29) is 48.7 Å². The van der Waals surface area contributed by atoms with Crippen molar-refractivity contribution in [3.63, 3.8) is 0 Å². The first-order valence-corrected chi connectivity index (χ1v) is 22.4. The van der Waals surface area contributed by atoms with E-state index < -0.39 is 45.4 Å². The minimum Gasteiger partial charge on any atom is -0.459 e. The minimum atomic E-state index is -3.98. The van der Waals surface area contributed by atoms with Crippen LogP contribution in [0.5, 0.6) is 0 Å². The second kappa shape index (κ2) is 20.0. The van der Waals surface area contributed by atoms with Crippen LogP contribution in [0, 0.1) is 0 Å². The monoisotopic (exact) mass is 856 g/mol. The summed E-state index contributed by atoms with van der Waals surface area (Å²) in [6.07, 6.45) is 0.462. The van der Waals surface area contributed by atoms with E-state index in [1.165, 1.54) is 0 Å². The highest BCUT2D eigenvalue weighted by Crippen LogP contribution is 2.20. The molecule has 10 nitrogen and oxygen atoms in total. The fraction of sp³-hybridized carbons (Fsp3) is 0.154. The lowest BCUT2D eigenvalue weighted by molar-refractivity contribution is -0.147. The first-order chi connectivity index (χ1) is 30.7. The zero-order valence-electron chi connectivity index (χ0n) is 34.3. The van der Waals surface area contributed by atoms with Gasteiger partial charge in [-0.15, -0.1) is 0 Å². The van der Waals surface area contributed by atoms with Crippen LogP contribution in [0.4, 0.5) is 0 Å². The molecule has 2 heterocycles. The number of nitrogens with zero attached hydrogens (tertiary/aromatic N) is 2. The molecule has 0 aliphatic rings. The van der Waals surface area contributed by atoms with Gasteiger partial charge in [-0.25, -0.2) is 28.0 Å². The van der Waals surface area contributed by atoms with Gasteiger partial charge in [-0.2, -0.15) is 0 Å². The van der Waals surface area contributed by atoms with Crippen LogP contribution in [0.25, 0.3) is 21.5 Å². The molecule has 11 heteroatoms. The van der Waals surface area contributed by atoms with Gasteiger partial charge < -0.3 is 18.3 Å². The Balaban J connectivity index is 1.11. The third kappa shape index (κ3) is 11.5. The van der Waals surface area contributed by atoms with Gasteiger partial charge >= 0.3 is 11.9 Å². The molecule has 0 N–H and O–H groups in total. The van der Waals surface area contributed by atoms with Crippen molar-refractivity contribution < 1.29 is 36.3 Å². The summed E-state index contributed by atoms with van der Waals surface area (Å²) < 4.78 is 52.3. The molecular weight excluding hydrogens is 813 g/mol. The molecule has 8 aromatic rings. The maximum atomic E-state index is 14.1. The van der Waals surface area contributed by atoms with Crippen LogP contribution in [-0.2, 0) is 66.5 Å². The van der Waals surface area contributed by atoms with Gasteiger partial charge in [0.25, 0.3) is 0 Å². The molecule has 0 spiro atoms. The summed E-state index contributed by atoms with van der Waals surface area (Å²) >= 11 is 0. The van der Waals surface area contributed by atoms with Crippen molar-refractivity contribution in [2.45, 2.75) is 49.6 Å². The fourth-order valence-electron chi connectivity index (χ4n) is 7.19. The van der Waals surface area contributed by atoms with Crippen molar-refractivity contribution in [2.24, 2.45) is 9.98 Å². The van der Waals surface area contributed by atoms with Crippen LogP contribution >= 0.6 is 0 Å². The summed E-state index contributed by atoms with van der Waals surface area (Å²) in [5.41, 5.74) is 3.61. The Morgan fingerprint density at radius 2 is 0.794 bits per heavy atom. The third-order valence-corrected chi connectivity index (χ3v) is 11.7. The average Bonchev–Trinajstić information content (AvgIpc) is 3.30. The quantitative estimate of drug-likeness (QED) is 0.0880. The molecule has 2 atom stereocenters. The summed E-state index contributed by atoms with van der Waals surface area (Å²) in [6, 6.07) is 53.7. The Kier molecular flexibility index (Phi) is 13.4. The van der Waals surface area contributed by atoms with E-state index in [1.54, 1.807) is 12.1 Å². The number of benzene rings is 6. The number of carbonyl (C=O) groups is 2. The Morgan fingerprint density at radius 1 is 0.460 bits per heavy atom. The highest BCUT2D eigenvalue weighted by Gasteiger charge is 2.24. The lowest BCUT2D eigenvalue weighted by Crippen LogP contribution is -2.27. The van der Waals surface area contributed by atoms with Crippen molar-refractivity contribution in [1.29, 1.82) is 0 Å². The van der Waals surface area contributed by atoms with Crippen LogP contribution in [-0.4, -0.2) is 32.4 Å². The first-order valence-electron chi connectivity index (χ1n) is 20.6. The number of fused-ring (bicyclic) bond motifs is 2. The van der Waals surface area contributed by atoms with Crippen molar-refractivity contribution in [3.8, 4) is 0 Å². The zero-order valence-corrected chi connectivity index (χ0v) is 35.1. The second-order valence-electron chi connectivity index (χ2n) is 15.1. The van der Waals surface area contributed by atoms with Crippen LogP contribution in [0.2, 0.25) is 0 Å². The van der Waals surface area contributed by atoms with Crippen LogP contribution in [0.15, 0.2) is 201 Å². The minimum absolute atomic E-state index is 0.0670. The van der Waals surface area contributed by atoms with E-state index >= 15 is 0 Å². The SMILES string of the molecule is O=C(OCc1ccccc1)[C@H](Cc1ccccc1)N=c1oc(CS(=O)(=O)Cc2cc3ccccc3c(=N[C@@H](Cc3ccccc3)C(=O)OCc3ccccc3)o2)cc2ccccc12. The first kappa shape index (κ1) is 42.3. The van der Waals surface area contributed by atoms with Crippen molar-refractivity contribution in [2.75, 3.05) is 0 Å². The molecule has 0 fully saturated rings. The maximum Gasteiger partial charge on any atom is 0.331 e. The molecule has 316 valence electrons. The van der Waals surface area contributed by atoms with Crippen LogP contribution in [0.3, 0.4) is 0 Å². The molecule has 6 aromatic carbocycles. The van der Waals surface area contributed by atoms with Crippen LogP contribution in [0.1, 0.15) is 33.8 Å². The normalized spacial score (nSPS) is 13.1. The second-order valence-corrected chi connectivity index (χ2v) is 17.2. The molecule has 0 radical (unpaired) electrons. The maximum absolute atomic E-state index is 14.1. The van der Waals surface area contributed by atoms with Gasteiger partial charge in [0.15, 0.2) is 21.9 Å². The molecule has 0 aliphatic carbocycles. The zero-order chi connectivity index (χ0) is 43.4. The standard InChI is InChI=1S/C52H44N2O8S/c55-51(59-33-39-21-9-3-10-22-39)47(29-37-17-5-1-6-18-37)53-49-45-27-15-13-25-41(45)31-43(61-49)35-63(57,58)36-44-32-42-26-14-16-28-46(42)50(62-44)54-48(30-38-19-7-2-8-20-38)52(56)60-34-40-23-11-4-12-24-40/h1-28,31-32,47-48H,29-30,33-36H2/t47-,48-/m0/s1. The molecule has 0 amide bonds. The predicted molar refractivity (Wildman–Crippen MR) is 240 cm³/mol. The Morgan fingerprint density at radius 3 is 1.17 bits per heavy atom. The lowest BCUT2D eigenvalue weighted by Gasteiger charge is -2.13. The van der Waals surface area contributed by atoms with Gasteiger partial charge in [0.1, 0.15) is 36.2 Å². The fourth-order valence-corrected chi connectivity index (χ4v) is 8.44. The topological polar surface area (TPSA) is 138 Å². The Labute approximate surface area is 364 Å². The van der Waals surface area contributed by atoms with E-state index in [0.29, 0.717) is 21.5 Å². The molecule has 8 rings (SSSR count). The Hall–Kier alpha value is -7.37. The highest BCUT2D eigenvalue weighted by molar-refractivity contribution is 7.89. The molecule has 0 saturated heterocycles. The van der Waals surface area contributed by atoms with Crippen LogP contribution < -0.4 is 11.1 Å². The van der Waals surface area contributed by atoms with Gasteiger partial charge in [0.2, 0.25) is 11.1 Å². The molecule has 63 heavy (non-hydrogen) atoms. The summed E-state index contributed by atoms with van der Waals surface area (Å²) in [5, 5.41) is 2.58. The molecule has 0 bridgehead atoms. The summed E-state index contributed by atoms with van der Waals surface area (Å²) in [6.45, 7) is 0.134. The summed E-state index contributed by atoms with van der Waals surface area (Å²) in [7, 11) is -3.98. The van der Waals surface area contributed by atoms with E-state index in [2.05, 4.69) is 0 Å². The number of hydrogen-bond acceptors (Lipinski definition) is 10. The van der Waals surface area contributed by atoms with Gasteiger partial charge in [-0.1, -0.05) is 158 Å². The number of rotatable bonds is 16. The number of esters is 2. The number of sulfone groups is 1. The third-order valence-electron chi connectivity index (χ3n) is 10.3. The summed E-state index contributed by atoms with van der Waals surface area (Å²) in [4.78, 5) is 37.0.